The molecule has 25 heavy (non-hydrogen) atoms. The van der Waals surface area contributed by atoms with Crippen molar-refractivity contribution in [3.63, 3.8) is 0 Å². The molecule has 0 saturated carbocycles. The smallest absolute Gasteiger partial charge is 0.338 e. The average molecular weight is 354 g/mol. The van der Waals surface area contributed by atoms with Crippen molar-refractivity contribution >= 4 is 32.5 Å². The lowest BCUT2D eigenvalue weighted by atomic mass is 10.1. The van der Waals surface area contributed by atoms with Gasteiger partial charge in [-0.05, 0) is 43.7 Å². The number of aromatic nitrogens is 2. The van der Waals surface area contributed by atoms with Gasteiger partial charge in [-0.15, -0.1) is 0 Å². The van der Waals surface area contributed by atoms with Gasteiger partial charge >= 0.3 is 5.97 Å². The van der Waals surface area contributed by atoms with Gasteiger partial charge in [-0.3, -0.25) is 4.40 Å². The minimum atomic E-state index is -0.335. The van der Waals surface area contributed by atoms with Crippen molar-refractivity contribution in [1.29, 1.82) is 0 Å². The summed E-state index contributed by atoms with van der Waals surface area (Å²) in [6.07, 6.45) is 1.83. The first-order valence-electron chi connectivity index (χ1n) is 7.92. The number of carbonyl (C=O) groups excluding carboxylic acids is 1. The molecule has 126 valence electrons. The lowest BCUT2D eigenvalue weighted by Crippen LogP contribution is -2.03. The van der Waals surface area contributed by atoms with Crippen LogP contribution < -0.4 is 0 Å². The summed E-state index contributed by atoms with van der Waals surface area (Å²) in [7, 11) is 0. The Bertz CT molecular complexity index is 1110. The number of rotatable bonds is 3. The molecule has 0 aliphatic carbocycles. The van der Waals surface area contributed by atoms with Crippen LogP contribution in [-0.4, -0.2) is 22.0 Å². The topological polar surface area (TPSA) is 43.6 Å². The lowest BCUT2D eigenvalue weighted by Gasteiger charge is -2.02. The first-order valence-corrected chi connectivity index (χ1v) is 8.74. The summed E-state index contributed by atoms with van der Waals surface area (Å²) in [6, 6.07) is 10.7. The third kappa shape index (κ3) is 2.59. The van der Waals surface area contributed by atoms with E-state index in [1.165, 1.54) is 11.3 Å². The molecule has 0 unspecified atom stereocenters. The van der Waals surface area contributed by atoms with Crippen LogP contribution in [0.5, 0.6) is 0 Å². The maximum Gasteiger partial charge on any atom is 0.338 e. The van der Waals surface area contributed by atoms with E-state index in [1.54, 1.807) is 38.1 Å². The molecule has 0 saturated heterocycles. The van der Waals surface area contributed by atoms with Crippen LogP contribution in [0.15, 0.2) is 42.6 Å². The number of benzene rings is 2. The van der Waals surface area contributed by atoms with Crippen LogP contribution >= 0.6 is 11.3 Å². The molecule has 4 aromatic rings. The largest absolute Gasteiger partial charge is 0.462 e. The van der Waals surface area contributed by atoms with E-state index in [0.29, 0.717) is 29.0 Å². The van der Waals surface area contributed by atoms with E-state index in [1.807, 2.05) is 22.7 Å². The number of esters is 1. The second-order valence-electron chi connectivity index (χ2n) is 5.72. The van der Waals surface area contributed by atoms with Crippen LogP contribution in [0.1, 0.15) is 22.8 Å². The Morgan fingerprint density at radius 1 is 1.32 bits per heavy atom. The van der Waals surface area contributed by atoms with Gasteiger partial charge < -0.3 is 4.74 Å². The number of aryl methyl sites for hydroxylation is 1. The number of carbonyl (C=O) groups is 1. The van der Waals surface area contributed by atoms with Crippen molar-refractivity contribution in [2.45, 2.75) is 13.8 Å². The van der Waals surface area contributed by atoms with E-state index < -0.39 is 0 Å². The number of imidazole rings is 1. The number of hydrogen-bond acceptors (Lipinski definition) is 4. The second kappa shape index (κ2) is 5.97. The summed E-state index contributed by atoms with van der Waals surface area (Å²) in [6.45, 7) is 3.86. The predicted molar refractivity (Wildman–Crippen MR) is 96.7 cm³/mol. The van der Waals surface area contributed by atoms with Crippen LogP contribution in [0.25, 0.3) is 26.4 Å². The van der Waals surface area contributed by atoms with Crippen molar-refractivity contribution in [3.05, 3.63) is 59.5 Å². The van der Waals surface area contributed by atoms with Crippen molar-refractivity contribution in [2.75, 3.05) is 6.61 Å². The van der Waals surface area contributed by atoms with Gasteiger partial charge in [-0.2, -0.15) is 0 Å². The molecular weight excluding hydrogens is 339 g/mol. The Hall–Kier alpha value is -2.73. The molecule has 2 aromatic carbocycles. The van der Waals surface area contributed by atoms with E-state index >= 15 is 0 Å². The molecule has 0 radical (unpaired) electrons. The molecule has 0 N–H and O–H groups in total. The first-order chi connectivity index (χ1) is 12.1. The zero-order chi connectivity index (χ0) is 17.6. The van der Waals surface area contributed by atoms with Crippen LogP contribution in [0.3, 0.4) is 0 Å². The van der Waals surface area contributed by atoms with Crippen LogP contribution in [-0.2, 0) is 4.74 Å². The molecule has 0 atom stereocenters. The number of ether oxygens (including phenoxy) is 1. The summed E-state index contributed by atoms with van der Waals surface area (Å²) in [5.74, 6) is -0.583. The summed E-state index contributed by atoms with van der Waals surface area (Å²) < 4.78 is 22.2. The average Bonchev–Trinajstić information content (AvgIpc) is 3.14. The van der Waals surface area contributed by atoms with Gasteiger partial charge in [0.2, 0.25) is 0 Å². The number of thiazole rings is 1. The Balaban J connectivity index is 1.82. The summed E-state index contributed by atoms with van der Waals surface area (Å²) in [5, 5.41) is 0. The highest BCUT2D eigenvalue weighted by Gasteiger charge is 2.15. The quantitative estimate of drug-likeness (QED) is 0.495. The molecule has 0 amide bonds. The second-order valence-corrected chi connectivity index (χ2v) is 6.73. The van der Waals surface area contributed by atoms with Gasteiger partial charge in [0, 0.05) is 11.8 Å². The van der Waals surface area contributed by atoms with Crippen molar-refractivity contribution in [2.24, 2.45) is 0 Å². The Labute approximate surface area is 147 Å². The SMILES string of the molecule is CCOC(=O)c1ccc2c(c1)sc1nc(-c3cccc(C)c3F)cn12. The molecular formula is C19H15FN2O2S. The number of nitrogens with zero attached hydrogens (tertiary/aromatic N) is 2. The molecule has 0 aliphatic rings. The third-order valence-corrected chi connectivity index (χ3v) is 5.09. The molecule has 0 spiro atoms. The fourth-order valence-electron chi connectivity index (χ4n) is 2.82. The highest BCUT2D eigenvalue weighted by atomic mass is 32.1. The van der Waals surface area contributed by atoms with Crippen LogP contribution in [0, 0.1) is 12.7 Å². The molecule has 0 aliphatic heterocycles. The van der Waals surface area contributed by atoms with Gasteiger partial charge in [0.25, 0.3) is 0 Å². The summed E-state index contributed by atoms with van der Waals surface area (Å²) >= 11 is 1.46. The van der Waals surface area contributed by atoms with Gasteiger partial charge in [-0.25, -0.2) is 14.2 Å². The van der Waals surface area contributed by atoms with E-state index in [4.69, 9.17) is 4.74 Å². The van der Waals surface area contributed by atoms with Gasteiger partial charge in [0.15, 0.2) is 4.96 Å². The van der Waals surface area contributed by atoms with E-state index in [9.17, 15) is 9.18 Å². The first kappa shape index (κ1) is 15.8. The molecule has 4 nitrogen and oxygen atoms in total. The molecule has 2 heterocycles. The number of halogens is 1. The van der Waals surface area contributed by atoms with E-state index in [0.717, 1.165) is 15.2 Å². The normalized spacial score (nSPS) is 11.3. The van der Waals surface area contributed by atoms with Crippen LogP contribution in [0.2, 0.25) is 0 Å². The highest BCUT2D eigenvalue weighted by molar-refractivity contribution is 7.23. The fourth-order valence-corrected chi connectivity index (χ4v) is 3.86. The van der Waals surface area contributed by atoms with Crippen molar-refractivity contribution in [1.82, 2.24) is 9.38 Å². The predicted octanol–water partition coefficient (Wildman–Crippen LogP) is 4.84. The Morgan fingerprint density at radius 2 is 2.16 bits per heavy atom. The minimum absolute atomic E-state index is 0.248. The number of hydrogen-bond donors (Lipinski definition) is 0. The number of fused-ring (bicyclic) bond motifs is 3. The van der Waals surface area contributed by atoms with E-state index in [2.05, 4.69) is 4.98 Å². The Kier molecular flexibility index (Phi) is 3.77. The summed E-state index contributed by atoms with van der Waals surface area (Å²) in [4.78, 5) is 17.2. The lowest BCUT2D eigenvalue weighted by molar-refractivity contribution is 0.0526. The molecule has 2 aromatic heterocycles. The van der Waals surface area contributed by atoms with Gasteiger partial charge in [-0.1, -0.05) is 23.5 Å². The molecule has 0 bridgehead atoms. The minimum Gasteiger partial charge on any atom is -0.462 e. The zero-order valence-electron chi connectivity index (χ0n) is 13.7. The van der Waals surface area contributed by atoms with E-state index in [-0.39, 0.29) is 11.8 Å². The summed E-state index contributed by atoms with van der Waals surface area (Å²) in [5.41, 5.74) is 3.14. The van der Waals surface area contributed by atoms with Crippen molar-refractivity contribution < 1.29 is 13.9 Å². The fraction of sp³-hybridized carbons (Fsp3) is 0.158. The molecule has 6 heteroatoms. The molecule has 4 rings (SSSR count). The molecule has 0 fully saturated rings. The monoisotopic (exact) mass is 354 g/mol. The standard InChI is InChI=1S/C19H15FN2O2S/c1-3-24-18(23)12-7-8-15-16(9-12)25-19-21-14(10-22(15)19)13-6-4-5-11(2)17(13)20/h4-10H,3H2,1-2H3. The Morgan fingerprint density at radius 3 is 2.96 bits per heavy atom. The zero-order valence-corrected chi connectivity index (χ0v) is 14.6. The third-order valence-electron chi connectivity index (χ3n) is 4.07. The highest BCUT2D eigenvalue weighted by Crippen LogP contribution is 2.31. The van der Waals surface area contributed by atoms with Crippen LogP contribution in [0.4, 0.5) is 4.39 Å². The maximum absolute atomic E-state index is 14.4. The maximum atomic E-state index is 14.4. The van der Waals surface area contributed by atoms with Gasteiger partial charge in [0.1, 0.15) is 5.82 Å². The van der Waals surface area contributed by atoms with Gasteiger partial charge in [0.05, 0.1) is 28.1 Å². The van der Waals surface area contributed by atoms with Crippen molar-refractivity contribution in [3.8, 4) is 11.3 Å².